The minimum Gasteiger partial charge on any atom is -0.370 e. The highest BCUT2D eigenvalue weighted by Gasteiger charge is 2.32. The zero-order valence-corrected chi connectivity index (χ0v) is 18.4. The van der Waals surface area contributed by atoms with Gasteiger partial charge in [-0.05, 0) is 61.6 Å². The lowest BCUT2D eigenvalue weighted by molar-refractivity contribution is 0.0950. The Kier molecular flexibility index (Phi) is 6.32. The molecule has 2 aliphatic rings. The maximum Gasteiger partial charge on any atom is 0.251 e. The molecule has 30 heavy (non-hydrogen) atoms. The van der Waals surface area contributed by atoms with Gasteiger partial charge in [0.05, 0.1) is 5.69 Å². The van der Waals surface area contributed by atoms with Crippen molar-refractivity contribution in [1.29, 1.82) is 0 Å². The first-order chi connectivity index (χ1) is 14.4. The van der Waals surface area contributed by atoms with Crippen LogP contribution < -0.4 is 10.2 Å². The summed E-state index contributed by atoms with van der Waals surface area (Å²) in [4.78, 5) is 15.1. The van der Waals surface area contributed by atoms with Crippen molar-refractivity contribution < 1.29 is 13.2 Å². The van der Waals surface area contributed by atoms with Crippen molar-refractivity contribution in [1.82, 2.24) is 9.62 Å². The molecule has 6 nitrogen and oxygen atoms in total. The number of hydrogen-bond acceptors (Lipinski definition) is 4. The van der Waals surface area contributed by atoms with Crippen LogP contribution in [0.15, 0.2) is 47.4 Å². The highest BCUT2D eigenvalue weighted by molar-refractivity contribution is 7.89. The summed E-state index contributed by atoms with van der Waals surface area (Å²) in [5.74, 6) is -0.296. The molecule has 0 saturated carbocycles. The summed E-state index contributed by atoms with van der Waals surface area (Å²) in [5, 5.41) is 3.51. The molecule has 2 aliphatic heterocycles. The van der Waals surface area contributed by atoms with Crippen molar-refractivity contribution in [2.24, 2.45) is 0 Å². The number of halogens is 1. The van der Waals surface area contributed by atoms with Crippen molar-refractivity contribution >= 4 is 33.2 Å². The molecule has 0 aliphatic carbocycles. The van der Waals surface area contributed by atoms with Gasteiger partial charge >= 0.3 is 0 Å². The summed E-state index contributed by atoms with van der Waals surface area (Å²) < 4.78 is 28.2. The van der Waals surface area contributed by atoms with Gasteiger partial charge in [0.15, 0.2) is 0 Å². The van der Waals surface area contributed by atoms with E-state index in [0.29, 0.717) is 35.9 Å². The molecule has 0 unspecified atom stereocenters. The average molecular weight is 448 g/mol. The van der Waals surface area contributed by atoms with E-state index in [9.17, 15) is 13.2 Å². The van der Waals surface area contributed by atoms with Gasteiger partial charge in [-0.25, -0.2) is 8.42 Å². The van der Waals surface area contributed by atoms with Gasteiger partial charge in [0.2, 0.25) is 10.0 Å². The number of hydrogen-bond donors (Lipinski definition) is 1. The minimum atomic E-state index is -3.64. The number of carbonyl (C=O) groups excluding carboxylic acids is 1. The Morgan fingerprint density at radius 3 is 2.23 bits per heavy atom. The topological polar surface area (TPSA) is 69.7 Å². The van der Waals surface area contributed by atoms with E-state index in [1.54, 1.807) is 30.3 Å². The fourth-order valence-electron chi connectivity index (χ4n) is 4.04. The summed E-state index contributed by atoms with van der Waals surface area (Å²) in [6.45, 7) is 3.09. The van der Waals surface area contributed by atoms with Gasteiger partial charge in [0.1, 0.15) is 4.90 Å². The number of sulfonamides is 1. The lowest BCUT2D eigenvalue weighted by Gasteiger charge is -2.24. The molecule has 0 radical (unpaired) electrons. The van der Waals surface area contributed by atoms with Gasteiger partial charge in [-0.3, -0.25) is 4.79 Å². The molecule has 0 atom stereocenters. The molecule has 2 saturated heterocycles. The van der Waals surface area contributed by atoms with Gasteiger partial charge in [-0.1, -0.05) is 23.7 Å². The van der Waals surface area contributed by atoms with Crippen molar-refractivity contribution in [2.45, 2.75) is 37.1 Å². The first-order valence-corrected chi connectivity index (χ1v) is 12.2. The molecule has 2 fully saturated rings. The number of amides is 1. The first-order valence-electron chi connectivity index (χ1n) is 10.4. The van der Waals surface area contributed by atoms with Crippen LogP contribution in [0.4, 0.5) is 5.69 Å². The number of carbonyl (C=O) groups is 1. The summed E-state index contributed by atoms with van der Waals surface area (Å²) >= 11 is 5.90. The van der Waals surface area contributed by atoms with Crippen molar-refractivity contribution in [3.63, 3.8) is 0 Å². The van der Waals surface area contributed by atoms with Crippen LogP contribution in [0.3, 0.4) is 0 Å². The molecule has 1 N–H and O–H groups in total. The van der Waals surface area contributed by atoms with Gasteiger partial charge in [0, 0.05) is 43.3 Å². The Morgan fingerprint density at radius 2 is 1.57 bits per heavy atom. The number of rotatable bonds is 6. The van der Waals surface area contributed by atoms with Crippen molar-refractivity contribution in [2.75, 3.05) is 31.1 Å². The fourth-order valence-corrected chi connectivity index (χ4v) is 5.92. The number of anilines is 1. The lowest BCUT2D eigenvalue weighted by Crippen LogP contribution is -2.31. The molecular formula is C22H26ClN3O3S. The zero-order chi connectivity index (χ0) is 21.1. The van der Waals surface area contributed by atoms with Crippen LogP contribution in [0.25, 0.3) is 0 Å². The highest BCUT2D eigenvalue weighted by Crippen LogP contribution is 2.32. The molecule has 0 aromatic heterocycles. The van der Waals surface area contributed by atoms with Crippen LogP contribution in [0, 0.1) is 0 Å². The predicted octanol–water partition coefficient (Wildman–Crippen LogP) is 3.65. The Bertz CT molecular complexity index is 1010. The predicted molar refractivity (Wildman–Crippen MR) is 119 cm³/mol. The summed E-state index contributed by atoms with van der Waals surface area (Å²) in [6, 6.07) is 12.3. The molecule has 4 rings (SSSR count). The molecule has 1 amide bonds. The maximum atomic E-state index is 13.4. The highest BCUT2D eigenvalue weighted by atomic mass is 35.5. The van der Waals surface area contributed by atoms with E-state index < -0.39 is 10.0 Å². The smallest absolute Gasteiger partial charge is 0.251 e. The Labute approximate surface area is 182 Å². The summed E-state index contributed by atoms with van der Waals surface area (Å²) in [7, 11) is -3.64. The van der Waals surface area contributed by atoms with Gasteiger partial charge < -0.3 is 10.2 Å². The number of nitrogens with zero attached hydrogens (tertiary/aromatic N) is 2. The molecule has 2 aromatic carbocycles. The number of nitrogens with one attached hydrogen (secondary N) is 1. The quantitative estimate of drug-likeness (QED) is 0.733. The second-order valence-electron chi connectivity index (χ2n) is 7.80. The Balaban J connectivity index is 1.60. The van der Waals surface area contributed by atoms with E-state index in [4.69, 9.17) is 11.6 Å². The molecule has 2 aromatic rings. The standard InChI is InChI=1S/C22H26ClN3O3S/c23-19-8-5-17(6-9-19)16-24-22(27)18-7-10-20(25-11-1-2-12-25)21(15-18)30(28,29)26-13-3-4-14-26/h5-10,15H,1-4,11-14,16H2,(H,24,27). The zero-order valence-electron chi connectivity index (χ0n) is 16.8. The molecule has 8 heteroatoms. The fraction of sp³-hybridized carbons (Fsp3) is 0.409. The molecular weight excluding hydrogens is 422 g/mol. The number of benzene rings is 2. The Hall–Kier alpha value is -2.09. The van der Waals surface area contributed by atoms with E-state index >= 15 is 0 Å². The third kappa shape index (κ3) is 4.48. The lowest BCUT2D eigenvalue weighted by atomic mass is 10.1. The largest absolute Gasteiger partial charge is 0.370 e. The van der Waals surface area contributed by atoms with E-state index in [1.165, 1.54) is 4.31 Å². The monoisotopic (exact) mass is 447 g/mol. The van der Waals surface area contributed by atoms with Crippen LogP contribution in [-0.2, 0) is 16.6 Å². The maximum absolute atomic E-state index is 13.4. The minimum absolute atomic E-state index is 0.241. The average Bonchev–Trinajstić information content (AvgIpc) is 3.47. The Morgan fingerprint density at radius 1 is 0.933 bits per heavy atom. The van der Waals surface area contributed by atoms with Crippen LogP contribution in [0.1, 0.15) is 41.6 Å². The third-order valence-corrected chi connectivity index (χ3v) is 7.90. The van der Waals surface area contributed by atoms with Crippen LogP contribution >= 0.6 is 11.6 Å². The van der Waals surface area contributed by atoms with E-state index in [-0.39, 0.29) is 10.8 Å². The second-order valence-corrected chi connectivity index (χ2v) is 10.1. The summed E-state index contributed by atoms with van der Waals surface area (Å²) in [6.07, 6.45) is 3.85. The molecule has 0 bridgehead atoms. The van der Waals surface area contributed by atoms with Gasteiger partial charge in [-0.2, -0.15) is 4.31 Å². The van der Waals surface area contributed by atoms with Crippen LogP contribution in [-0.4, -0.2) is 44.8 Å². The van der Waals surface area contributed by atoms with Crippen LogP contribution in [0.5, 0.6) is 0 Å². The second kappa shape index (κ2) is 8.96. The van der Waals surface area contributed by atoms with Crippen molar-refractivity contribution in [3.05, 3.63) is 58.6 Å². The first kappa shape index (κ1) is 21.2. The van der Waals surface area contributed by atoms with Gasteiger partial charge in [-0.15, -0.1) is 0 Å². The van der Waals surface area contributed by atoms with Crippen molar-refractivity contribution in [3.8, 4) is 0 Å². The molecule has 0 spiro atoms. The molecule has 160 valence electrons. The SMILES string of the molecule is O=C(NCc1ccc(Cl)cc1)c1ccc(N2CCCC2)c(S(=O)(=O)N2CCCC2)c1. The normalized spacial score (nSPS) is 17.4. The van der Waals surface area contributed by atoms with E-state index in [0.717, 1.165) is 44.3 Å². The van der Waals surface area contributed by atoms with Crippen LogP contribution in [0.2, 0.25) is 5.02 Å². The molecule has 2 heterocycles. The van der Waals surface area contributed by atoms with E-state index in [1.807, 2.05) is 12.1 Å². The van der Waals surface area contributed by atoms with Gasteiger partial charge in [0.25, 0.3) is 5.91 Å². The summed E-state index contributed by atoms with van der Waals surface area (Å²) in [5.41, 5.74) is 1.98. The van der Waals surface area contributed by atoms with E-state index in [2.05, 4.69) is 10.2 Å². The third-order valence-electron chi connectivity index (χ3n) is 5.72.